The van der Waals surface area contributed by atoms with Crippen molar-refractivity contribution in [3.8, 4) is 0 Å². The van der Waals surface area contributed by atoms with E-state index in [-0.39, 0.29) is 11.4 Å². The lowest BCUT2D eigenvalue weighted by Crippen LogP contribution is -2.35. The molecule has 0 aliphatic carbocycles. The van der Waals surface area contributed by atoms with Gasteiger partial charge in [-0.05, 0) is 29.7 Å². The molecule has 0 amide bonds. The van der Waals surface area contributed by atoms with Crippen LogP contribution >= 0.6 is 11.6 Å². The molecule has 5 nitrogen and oxygen atoms in total. The van der Waals surface area contributed by atoms with E-state index >= 15 is 0 Å². The van der Waals surface area contributed by atoms with Gasteiger partial charge in [0.05, 0.1) is 11.5 Å². The zero-order chi connectivity index (χ0) is 15.5. The van der Waals surface area contributed by atoms with Crippen LogP contribution in [0.1, 0.15) is 12.0 Å². The molecule has 0 unspecified atom stereocenters. The molecule has 1 aliphatic rings. The van der Waals surface area contributed by atoms with Gasteiger partial charge >= 0.3 is 0 Å². The van der Waals surface area contributed by atoms with Crippen molar-refractivity contribution in [3.05, 3.63) is 40.4 Å². The molecule has 1 aliphatic heterocycles. The zero-order valence-electron chi connectivity index (χ0n) is 11.9. The van der Waals surface area contributed by atoms with E-state index in [1.165, 1.54) is 10.4 Å². The summed E-state index contributed by atoms with van der Waals surface area (Å²) >= 11 is 6.05. The van der Waals surface area contributed by atoms with Crippen molar-refractivity contribution in [1.29, 1.82) is 0 Å². The lowest BCUT2D eigenvalue weighted by molar-refractivity contribution is 0.219. The number of rotatable bonds is 5. The molecule has 2 rings (SSSR count). The lowest BCUT2D eigenvalue weighted by atomic mass is 10.1. The fraction of sp³-hybridized carbons (Fsp3) is 0.429. The topological polar surface area (TPSA) is 72.6 Å². The van der Waals surface area contributed by atoms with E-state index in [9.17, 15) is 8.42 Å². The van der Waals surface area contributed by atoms with Gasteiger partial charge in [-0.1, -0.05) is 23.7 Å². The Kier molecular flexibility index (Phi) is 5.40. The van der Waals surface area contributed by atoms with Crippen LogP contribution in [-0.4, -0.2) is 39.5 Å². The average Bonchev–Trinajstić information content (AvgIpc) is 2.48. The first-order valence-electron chi connectivity index (χ1n) is 6.64. The van der Waals surface area contributed by atoms with Crippen molar-refractivity contribution in [2.45, 2.75) is 17.9 Å². The van der Waals surface area contributed by atoms with Crippen molar-refractivity contribution < 1.29 is 13.2 Å². The first-order valence-corrected chi connectivity index (χ1v) is 8.46. The fourth-order valence-electron chi connectivity index (χ4n) is 2.23. The number of hydrogen-bond donors (Lipinski definition) is 1. The number of methoxy groups -OCH3 is 1. The smallest absolute Gasteiger partial charge is 0.243 e. The van der Waals surface area contributed by atoms with Gasteiger partial charge in [-0.2, -0.15) is 4.31 Å². The Morgan fingerprint density at radius 2 is 2.19 bits per heavy atom. The molecule has 1 aromatic rings. The highest BCUT2D eigenvalue weighted by molar-refractivity contribution is 7.89. The van der Waals surface area contributed by atoms with Crippen LogP contribution in [0.5, 0.6) is 0 Å². The molecule has 0 bridgehead atoms. The zero-order valence-corrected chi connectivity index (χ0v) is 13.5. The Bertz CT molecular complexity index is 644. The van der Waals surface area contributed by atoms with E-state index in [1.54, 1.807) is 19.2 Å². The van der Waals surface area contributed by atoms with E-state index < -0.39 is 10.0 Å². The highest BCUT2D eigenvalue weighted by Gasteiger charge is 2.26. The first-order chi connectivity index (χ1) is 9.98. The molecular weight excluding hydrogens is 312 g/mol. The van der Waals surface area contributed by atoms with E-state index in [0.29, 0.717) is 31.1 Å². The maximum Gasteiger partial charge on any atom is 0.243 e. The van der Waals surface area contributed by atoms with Crippen LogP contribution in [0, 0.1) is 0 Å². The summed E-state index contributed by atoms with van der Waals surface area (Å²) in [4.78, 5) is 0.202. The van der Waals surface area contributed by atoms with Gasteiger partial charge in [0.25, 0.3) is 0 Å². The summed E-state index contributed by atoms with van der Waals surface area (Å²) in [6.07, 6.45) is 2.59. The normalized spacial score (nSPS) is 16.8. The molecule has 0 saturated carbocycles. The SMILES string of the molecule is COCC1=CCN(S(=O)(=O)c2ccc(CN)c(Cl)c2)CC1. The molecule has 0 saturated heterocycles. The maximum atomic E-state index is 12.6. The van der Waals surface area contributed by atoms with Crippen molar-refractivity contribution in [2.75, 3.05) is 26.8 Å². The van der Waals surface area contributed by atoms with Crippen LogP contribution in [-0.2, 0) is 21.3 Å². The third-order valence-corrected chi connectivity index (χ3v) is 5.69. The molecule has 1 aromatic carbocycles. The molecule has 0 radical (unpaired) electrons. The Morgan fingerprint density at radius 3 is 2.71 bits per heavy atom. The van der Waals surface area contributed by atoms with Crippen molar-refractivity contribution in [1.82, 2.24) is 4.31 Å². The van der Waals surface area contributed by atoms with Gasteiger partial charge < -0.3 is 10.5 Å². The second kappa shape index (κ2) is 6.89. The summed E-state index contributed by atoms with van der Waals surface area (Å²) in [5.41, 5.74) is 7.39. The number of halogens is 1. The Morgan fingerprint density at radius 1 is 1.43 bits per heavy atom. The highest BCUT2D eigenvalue weighted by atomic mass is 35.5. The number of benzene rings is 1. The van der Waals surface area contributed by atoms with E-state index in [2.05, 4.69) is 0 Å². The van der Waals surface area contributed by atoms with Crippen molar-refractivity contribution >= 4 is 21.6 Å². The van der Waals surface area contributed by atoms with Gasteiger partial charge in [-0.15, -0.1) is 0 Å². The van der Waals surface area contributed by atoms with Crippen LogP contribution in [0.2, 0.25) is 5.02 Å². The van der Waals surface area contributed by atoms with Gasteiger partial charge in [0.2, 0.25) is 10.0 Å². The third-order valence-electron chi connectivity index (χ3n) is 3.48. The molecule has 116 valence electrons. The molecule has 1 heterocycles. The number of nitrogens with zero attached hydrogens (tertiary/aromatic N) is 1. The van der Waals surface area contributed by atoms with Crippen LogP contribution < -0.4 is 5.73 Å². The maximum absolute atomic E-state index is 12.6. The van der Waals surface area contributed by atoms with Gasteiger partial charge in [0.1, 0.15) is 0 Å². The summed E-state index contributed by atoms with van der Waals surface area (Å²) < 4.78 is 31.7. The van der Waals surface area contributed by atoms with Crippen molar-refractivity contribution in [2.24, 2.45) is 5.73 Å². The summed E-state index contributed by atoms with van der Waals surface area (Å²) in [5, 5.41) is 0.381. The number of sulfonamides is 1. The Balaban J connectivity index is 2.21. The molecule has 21 heavy (non-hydrogen) atoms. The number of nitrogens with two attached hydrogens (primary N) is 1. The first kappa shape index (κ1) is 16.5. The Labute approximate surface area is 130 Å². The minimum atomic E-state index is -3.53. The average molecular weight is 331 g/mol. The van der Waals surface area contributed by atoms with E-state index in [0.717, 1.165) is 11.1 Å². The predicted octanol–water partition coefficient (Wildman–Crippen LogP) is 1.77. The van der Waals surface area contributed by atoms with Gasteiger partial charge in [0.15, 0.2) is 0 Å². The van der Waals surface area contributed by atoms with Gasteiger partial charge in [0, 0.05) is 31.8 Å². The second-order valence-corrected chi connectivity index (χ2v) is 7.21. The summed E-state index contributed by atoms with van der Waals surface area (Å²) in [6, 6.07) is 4.68. The monoisotopic (exact) mass is 330 g/mol. The molecule has 0 fully saturated rings. The highest BCUT2D eigenvalue weighted by Crippen LogP contribution is 2.25. The predicted molar refractivity (Wildman–Crippen MR) is 82.7 cm³/mol. The minimum absolute atomic E-state index is 0.202. The van der Waals surface area contributed by atoms with Crippen molar-refractivity contribution in [3.63, 3.8) is 0 Å². The van der Waals surface area contributed by atoms with Gasteiger partial charge in [-0.3, -0.25) is 0 Å². The molecular formula is C14H19ClN2O3S. The molecule has 0 atom stereocenters. The summed E-state index contributed by atoms with van der Waals surface area (Å²) in [5.74, 6) is 0. The second-order valence-electron chi connectivity index (χ2n) is 4.87. The fourth-order valence-corrected chi connectivity index (χ4v) is 3.96. The number of hydrogen-bond acceptors (Lipinski definition) is 4. The number of ether oxygens (including phenoxy) is 1. The summed E-state index contributed by atoms with van der Waals surface area (Å²) in [6.45, 7) is 1.64. The van der Waals surface area contributed by atoms with Crippen LogP contribution in [0.4, 0.5) is 0 Å². The summed E-state index contributed by atoms with van der Waals surface area (Å²) in [7, 11) is -1.90. The van der Waals surface area contributed by atoms with Gasteiger partial charge in [-0.25, -0.2) is 8.42 Å². The largest absolute Gasteiger partial charge is 0.380 e. The quantitative estimate of drug-likeness (QED) is 0.835. The third kappa shape index (κ3) is 3.64. The molecule has 0 spiro atoms. The lowest BCUT2D eigenvalue weighted by Gasteiger charge is -2.25. The van der Waals surface area contributed by atoms with E-state index in [1.807, 2.05) is 6.08 Å². The van der Waals surface area contributed by atoms with E-state index in [4.69, 9.17) is 22.1 Å². The van der Waals surface area contributed by atoms with Crippen LogP contribution in [0.3, 0.4) is 0 Å². The van der Waals surface area contributed by atoms with Crippen LogP contribution in [0.15, 0.2) is 34.7 Å². The van der Waals surface area contributed by atoms with Crippen LogP contribution in [0.25, 0.3) is 0 Å². The molecule has 2 N–H and O–H groups in total. The standard InChI is InChI=1S/C14H19ClN2O3S/c1-20-10-11-4-6-17(7-5-11)21(18,19)13-3-2-12(9-16)14(15)8-13/h2-4,8H,5-7,9-10,16H2,1H3. The molecule has 0 aromatic heterocycles. The Hall–Kier alpha value is -0.920. The molecule has 7 heteroatoms. The minimum Gasteiger partial charge on any atom is -0.380 e.